The first kappa shape index (κ1) is 14.9. The summed E-state index contributed by atoms with van der Waals surface area (Å²) in [6.07, 6.45) is 0.897. The van der Waals surface area contributed by atoms with Crippen LogP contribution in [0.3, 0.4) is 0 Å². The topological polar surface area (TPSA) is 75.8 Å². The van der Waals surface area contributed by atoms with Gasteiger partial charge in [-0.2, -0.15) is 5.10 Å². The first-order valence-electron chi connectivity index (χ1n) is 7.30. The monoisotopic (exact) mass is 309 g/mol. The predicted molar refractivity (Wildman–Crippen MR) is 86.1 cm³/mol. The molecule has 116 valence electrons. The van der Waals surface area contributed by atoms with Crippen molar-refractivity contribution in [3.63, 3.8) is 0 Å². The average Bonchev–Trinajstić information content (AvgIpc) is 3.06. The maximum atomic E-state index is 12.3. The van der Waals surface area contributed by atoms with E-state index in [0.717, 1.165) is 5.56 Å². The zero-order valence-corrected chi connectivity index (χ0v) is 12.4. The van der Waals surface area contributed by atoms with Gasteiger partial charge in [-0.1, -0.05) is 42.5 Å². The van der Waals surface area contributed by atoms with Crippen LogP contribution in [0, 0.1) is 10.1 Å². The van der Waals surface area contributed by atoms with Crippen LogP contribution in [0.5, 0.6) is 0 Å². The molecule has 1 aliphatic heterocycles. The van der Waals surface area contributed by atoms with Gasteiger partial charge in [0, 0.05) is 24.1 Å². The summed E-state index contributed by atoms with van der Waals surface area (Å²) in [7, 11) is 0. The molecule has 0 saturated carbocycles. The van der Waals surface area contributed by atoms with Gasteiger partial charge in [0.05, 0.1) is 23.6 Å². The molecule has 0 aliphatic carbocycles. The molecule has 0 unspecified atom stereocenters. The Labute approximate surface area is 133 Å². The molecule has 2 aromatic rings. The van der Waals surface area contributed by atoms with E-state index in [0.29, 0.717) is 30.7 Å². The van der Waals surface area contributed by atoms with Gasteiger partial charge in [-0.15, -0.1) is 0 Å². The number of hydrogen-bond acceptors (Lipinski definition) is 4. The first-order valence-corrected chi connectivity index (χ1v) is 7.30. The van der Waals surface area contributed by atoms with Gasteiger partial charge in [-0.3, -0.25) is 14.9 Å². The fraction of sp³-hybridized carbons (Fsp3) is 0.176. The van der Waals surface area contributed by atoms with Gasteiger partial charge in [-0.05, 0) is 5.56 Å². The number of rotatable bonds is 4. The average molecular weight is 309 g/mol. The van der Waals surface area contributed by atoms with E-state index < -0.39 is 4.92 Å². The highest BCUT2D eigenvalue weighted by atomic mass is 16.6. The summed E-state index contributed by atoms with van der Waals surface area (Å²) >= 11 is 0. The number of amides is 1. The van der Waals surface area contributed by atoms with E-state index in [1.54, 1.807) is 12.1 Å². The van der Waals surface area contributed by atoms with Crippen molar-refractivity contribution < 1.29 is 9.72 Å². The molecule has 0 bridgehead atoms. The van der Waals surface area contributed by atoms with Gasteiger partial charge in [-0.25, -0.2) is 5.01 Å². The third-order valence-electron chi connectivity index (χ3n) is 3.68. The molecule has 0 radical (unpaired) electrons. The molecule has 6 heteroatoms. The summed E-state index contributed by atoms with van der Waals surface area (Å²) in [5.41, 5.74) is 2.36. The van der Waals surface area contributed by atoms with Crippen LogP contribution in [0.4, 0.5) is 5.69 Å². The number of benzene rings is 2. The van der Waals surface area contributed by atoms with Crippen molar-refractivity contribution >= 4 is 17.3 Å². The standard InChI is InChI=1S/C17H15N3O3/c21-17(11-13-5-2-1-3-6-13)19-10-9-16(18-19)14-7-4-8-15(12-14)20(22)23/h1-8,12H,9-11H2. The van der Waals surface area contributed by atoms with Gasteiger partial charge in [0.15, 0.2) is 0 Å². The van der Waals surface area contributed by atoms with Crippen LogP contribution in [-0.2, 0) is 11.2 Å². The van der Waals surface area contributed by atoms with E-state index in [2.05, 4.69) is 5.10 Å². The number of nitro benzene ring substituents is 1. The Hall–Kier alpha value is -3.02. The molecule has 0 spiro atoms. The highest BCUT2D eigenvalue weighted by Gasteiger charge is 2.22. The van der Waals surface area contributed by atoms with Gasteiger partial charge >= 0.3 is 0 Å². The molecule has 0 fully saturated rings. The maximum absolute atomic E-state index is 12.3. The van der Waals surface area contributed by atoms with Gasteiger partial charge in [0.1, 0.15) is 0 Å². The second-order valence-electron chi connectivity index (χ2n) is 5.28. The summed E-state index contributed by atoms with van der Waals surface area (Å²) < 4.78 is 0. The lowest BCUT2D eigenvalue weighted by Crippen LogP contribution is -2.25. The highest BCUT2D eigenvalue weighted by Crippen LogP contribution is 2.19. The normalized spacial score (nSPS) is 13.7. The van der Waals surface area contributed by atoms with E-state index in [4.69, 9.17) is 0 Å². The van der Waals surface area contributed by atoms with Gasteiger partial charge in [0.2, 0.25) is 5.91 Å². The van der Waals surface area contributed by atoms with Crippen molar-refractivity contribution in [1.29, 1.82) is 0 Å². The summed E-state index contributed by atoms with van der Waals surface area (Å²) in [6, 6.07) is 15.8. The molecule has 0 N–H and O–H groups in total. The minimum Gasteiger partial charge on any atom is -0.273 e. The van der Waals surface area contributed by atoms with Crippen LogP contribution in [0.1, 0.15) is 17.5 Å². The second-order valence-corrected chi connectivity index (χ2v) is 5.28. The number of nitrogens with zero attached hydrogens (tertiary/aromatic N) is 3. The fourth-order valence-electron chi connectivity index (χ4n) is 2.50. The van der Waals surface area contributed by atoms with Crippen LogP contribution in [0.2, 0.25) is 0 Å². The van der Waals surface area contributed by atoms with Crippen LogP contribution in [0.15, 0.2) is 59.7 Å². The molecular weight excluding hydrogens is 294 g/mol. The van der Waals surface area contributed by atoms with Crippen molar-refractivity contribution in [2.75, 3.05) is 6.54 Å². The van der Waals surface area contributed by atoms with Crippen molar-refractivity contribution in [1.82, 2.24) is 5.01 Å². The molecule has 0 aromatic heterocycles. The lowest BCUT2D eigenvalue weighted by atomic mass is 10.1. The Balaban J connectivity index is 1.74. The van der Waals surface area contributed by atoms with Crippen LogP contribution >= 0.6 is 0 Å². The maximum Gasteiger partial charge on any atom is 0.270 e. The van der Waals surface area contributed by atoms with E-state index in [1.807, 2.05) is 30.3 Å². The smallest absolute Gasteiger partial charge is 0.270 e. The van der Waals surface area contributed by atoms with E-state index in [9.17, 15) is 14.9 Å². The third-order valence-corrected chi connectivity index (χ3v) is 3.68. The Morgan fingerprint density at radius 1 is 1.17 bits per heavy atom. The third kappa shape index (κ3) is 3.42. The Bertz CT molecular complexity index is 772. The summed E-state index contributed by atoms with van der Waals surface area (Å²) in [6.45, 7) is 0.504. The van der Waals surface area contributed by atoms with Crippen LogP contribution in [-0.4, -0.2) is 28.1 Å². The van der Waals surface area contributed by atoms with E-state index in [-0.39, 0.29) is 11.6 Å². The molecule has 1 amide bonds. The molecule has 3 rings (SSSR count). The fourth-order valence-corrected chi connectivity index (χ4v) is 2.50. The largest absolute Gasteiger partial charge is 0.273 e. The summed E-state index contributed by atoms with van der Waals surface area (Å²) in [4.78, 5) is 22.7. The summed E-state index contributed by atoms with van der Waals surface area (Å²) in [5.74, 6) is -0.0726. The van der Waals surface area contributed by atoms with E-state index in [1.165, 1.54) is 17.1 Å². The van der Waals surface area contributed by atoms with E-state index >= 15 is 0 Å². The molecule has 0 atom stereocenters. The number of carbonyl (C=O) groups excluding carboxylic acids is 1. The van der Waals surface area contributed by atoms with Crippen molar-refractivity contribution in [3.05, 3.63) is 75.8 Å². The zero-order chi connectivity index (χ0) is 16.2. The zero-order valence-electron chi connectivity index (χ0n) is 12.4. The van der Waals surface area contributed by atoms with Crippen molar-refractivity contribution in [2.45, 2.75) is 12.8 Å². The number of nitro groups is 1. The predicted octanol–water partition coefficient (Wildman–Crippen LogP) is 2.77. The number of hydrazone groups is 1. The molecular formula is C17H15N3O3. The van der Waals surface area contributed by atoms with Crippen molar-refractivity contribution in [2.24, 2.45) is 5.10 Å². The molecule has 1 heterocycles. The molecule has 0 saturated heterocycles. The molecule has 2 aromatic carbocycles. The number of non-ortho nitro benzene ring substituents is 1. The van der Waals surface area contributed by atoms with Crippen molar-refractivity contribution in [3.8, 4) is 0 Å². The summed E-state index contributed by atoms with van der Waals surface area (Å²) in [5, 5.41) is 16.6. The Morgan fingerprint density at radius 3 is 2.70 bits per heavy atom. The minimum absolute atomic E-state index is 0.0271. The Kier molecular flexibility index (Phi) is 4.14. The SMILES string of the molecule is O=C(Cc1ccccc1)N1CCC(c2cccc([N+](=O)[O-])c2)=N1. The second kappa shape index (κ2) is 6.39. The lowest BCUT2D eigenvalue weighted by Gasteiger charge is -2.11. The van der Waals surface area contributed by atoms with Gasteiger partial charge in [0.25, 0.3) is 5.69 Å². The number of carbonyl (C=O) groups is 1. The highest BCUT2D eigenvalue weighted by molar-refractivity contribution is 6.03. The quantitative estimate of drug-likeness (QED) is 0.643. The molecule has 1 aliphatic rings. The van der Waals surface area contributed by atoms with Crippen LogP contribution < -0.4 is 0 Å². The first-order chi connectivity index (χ1) is 11.1. The van der Waals surface area contributed by atoms with Crippen LogP contribution in [0.25, 0.3) is 0 Å². The number of hydrogen-bond donors (Lipinski definition) is 0. The molecule has 6 nitrogen and oxygen atoms in total. The Morgan fingerprint density at radius 2 is 1.96 bits per heavy atom. The van der Waals surface area contributed by atoms with Gasteiger partial charge < -0.3 is 0 Å². The minimum atomic E-state index is -0.433. The lowest BCUT2D eigenvalue weighted by molar-refractivity contribution is -0.384. The molecule has 23 heavy (non-hydrogen) atoms.